The maximum atomic E-state index is 11.7. The molecule has 3 heterocycles. The molecule has 1 fully saturated rings. The standard InChI is InChI=1S/C16H19N3O4S/c1-3-8-4-9(18-15(8)21)6-23-11-7-24-12-5-10(14(17)20)16(22-2)19-13(11)12/h5,7-9H,3-4,6H2,1-2H3,(H2,17,20)(H,18,21). The summed E-state index contributed by atoms with van der Waals surface area (Å²) in [6.07, 6.45) is 1.61. The van der Waals surface area contributed by atoms with Gasteiger partial charge in [0.1, 0.15) is 17.7 Å². The third-order valence-electron chi connectivity index (χ3n) is 4.16. The molecule has 7 nitrogen and oxygen atoms in total. The number of carbonyl (C=O) groups is 2. The number of nitrogens with zero attached hydrogens (tertiary/aromatic N) is 1. The summed E-state index contributed by atoms with van der Waals surface area (Å²) in [5, 5.41) is 4.77. The summed E-state index contributed by atoms with van der Waals surface area (Å²) in [6, 6.07) is 1.66. The molecule has 2 aromatic rings. The molecule has 3 N–H and O–H groups in total. The molecule has 2 amide bonds. The lowest BCUT2D eigenvalue weighted by atomic mass is 10.0. The zero-order chi connectivity index (χ0) is 17.3. The summed E-state index contributed by atoms with van der Waals surface area (Å²) >= 11 is 1.41. The Labute approximate surface area is 143 Å². The van der Waals surface area contributed by atoms with E-state index in [4.69, 9.17) is 15.2 Å². The normalized spacial score (nSPS) is 20.2. The molecule has 8 heteroatoms. The number of primary amides is 1. The zero-order valence-corrected chi connectivity index (χ0v) is 14.3. The van der Waals surface area contributed by atoms with Crippen LogP contribution in [0, 0.1) is 5.92 Å². The van der Waals surface area contributed by atoms with Gasteiger partial charge in [0.15, 0.2) is 5.75 Å². The lowest BCUT2D eigenvalue weighted by molar-refractivity contribution is -0.122. The van der Waals surface area contributed by atoms with Crippen molar-refractivity contribution in [1.29, 1.82) is 0 Å². The minimum atomic E-state index is -0.587. The van der Waals surface area contributed by atoms with Gasteiger partial charge in [-0.05, 0) is 18.9 Å². The van der Waals surface area contributed by atoms with Crippen molar-refractivity contribution in [1.82, 2.24) is 10.3 Å². The van der Waals surface area contributed by atoms with Crippen molar-refractivity contribution in [2.75, 3.05) is 13.7 Å². The molecule has 2 atom stereocenters. The van der Waals surface area contributed by atoms with Crippen molar-refractivity contribution >= 4 is 33.4 Å². The Balaban J connectivity index is 1.78. The van der Waals surface area contributed by atoms with E-state index in [1.807, 2.05) is 12.3 Å². The highest BCUT2D eigenvalue weighted by molar-refractivity contribution is 7.17. The van der Waals surface area contributed by atoms with Crippen LogP contribution in [-0.4, -0.2) is 36.6 Å². The fourth-order valence-electron chi connectivity index (χ4n) is 2.83. The van der Waals surface area contributed by atoms with Gasteiger partial charge in [0, 0.05) is 11.3 Å². The maximum Gasteiger partial charge on any atom is 0.254 e. The molecule has 1 aliphatic heterocycles. The molecule has 128 valence electrons. The average Bonchev–Trinajstić information content (AvgIpc) is 3.13. The topological polar surface area (TPSA) is 104 Å². The van der Waals surface area contributed by atoms with Crippen molar-refractivity contribution in [2.24, 2.45) is 11.7 Å². The molecule has 2 unspecified atom stereocenters. The van der Waals surface area contributed by atoms with Crippen molar-refractivity contribution in [3.63, 3.8) is 0 Å². The van der Waals surface area contributed by atoms with Crippen LogP contribution in [0.1, 0.15) is 30.1 Å². The third kappa shape index (κ3) is 3.01. The Hall–Kier alpha value is -2.35. The average molecular weight is 349 g/mol. The summed E-state index contributed by atoms with van der Waals surface area (Å²) in [4.78, 5) is 27.5. The van der Waals surface area contributed by atoms with E-state index in [2.05, 4.69) is 10.3 Å². The number of methoxy groups -OCH3 is 1. The highest BCUT2D eigenvalue weighted by Gasteiger charge is 2.31. The molecule has 2 aromatic heterocycles. The number of pyridine rings is 1. The van der Waals surface area contributed by atoms with E-state index in [1.54, 1.807) is 6.07 Å². The molecular weight excluding hydrogens is 330 g/mol. The van der Waals surface area contributed by atoms with Crippen LogP contribution in [0.5, 0.6) is 11.6 Å². The minimum absolute atomic E-state index is 0.00388. The number of fused-ring (bicyclic) bond motifs is 1. The molecule has 0 aliphatic carbocycles. The summed E-state index contributed by atoms with van der Waals surface area (Å²) in [5.74, 6) is 0.356. The number of ether oxygens (including phenoxy) is 2. The molecule has 1 aliphatic rings. The number of hydrogen-bond donors (Lipinski definition) is 2. The SMILES string of the molecule is CCC1CC(COc2csc3cc(C(N)=O)c(OC)nc23)NC1=O. The van der Waals surface area contributed by atoms with Crippen molar-refractivity contribution in [2.45, 2.75) is 25.8 Å². The van der Waals surface area contributed by atoms with Gasteiger partial charge < -0.3 is 20.5 Å². The number of amides is 2. The van der Waals surface area contributed by atoms with Crippen LogP contribution < -0.4 is 20.5 Å². The fraction of sp³-hybridized carbons (Fsp3) is 0.438. The number of nitrogens with one attached hydrogen (secondary N) is 1. The number of aromatic nitrogens is 1. The van der Waals surface area contributed by atoms with Gasteiger partial charge in [-0.2, -0.15) is 0 Å². The third-order valence-corrected chi connectivity index (χ3v) is 5.05. The fourth-order valence-corrected chi connectivity index (χ4v) is 3.69. The van der Waals surface area contributed by atoms with Crippen molar-refractivity contribution in [3.8, 4) is 11.6 Å². The second-order valence-corrected chi connectivity index (χ2v) is 6.62. The molecule has 24 heavy (non-hydrogen) atoms. The van der Waals surface area contributed by atoms with E-state index < -0.39 is 5.91 Å². The van der Waals surface area contributed by atoms with Crippen LogP contribution in [0.4, 0.5) is 0 Å². The first-order chi connectivity index (χ1) is 11.5. The smallest absolute Gasteiger partial charge is 0.254 e. The molecule has 0 spiro atoms. The molecular formula is C16H19N3O4S. The highest BCUT2D eigenvalue weighted by atomic mass is 32.1. The lowest BCUT2D eigenvalue weighted by Gasteiger charge is -2.11. The van der Waals surface area contributed by atoms with Crippen LogP contribution in [0.25, 0.3) is 10.2 Å². The Morgan fingerprint density at radius 1 is 1.54 bits per heavy atom. The van der Waals surface area contributed by atoms with E-state index in [-0.39, 0.29) is 29.3 Å². The van der Waals surface area contributed by atoms with Crippen LogP contribution >= 0.6 is 11.3 Å². The largest absolute Gasteiger partial charge is 0.488 e. The van der Waals surface area contributed by atoms with Gasteiger partial charge in [-0.25, -0.2) is 4.98 Å². The van der Waals surface area contributed by atoms with Crippen LogP contribution in [0.2, 0.25) is 0 Å². The van der Waals surface area contributed by atoms with Crippen molar-refractivity contribution < 1.29 is 19.1 Å². The van der Waals surface area contributed by atoms with E-state index in [9.17, 15) is 9.59 Å². The Morgan fingerprint density at radius 2 is 2.33 bits per heavy atom. The second-order valence-electron chi connectivity index (χ2n) is 5.71. The van der Waals surface area contributed by atoms with Crippen LogP contribution in [0.3, 0.4) is 0 Å². The van der Waals surface area contributed by atoms with Gasteiger partial charge in [-0.3, -0.25) is 9.59 Å². The van der Waals surface area contributed by atoms with Crippen LogP contribution in [0.15, 0.2) is 11.4 Å². The Bertz CT molecular complexity index is 789. The Kier molecular flexibility index (Phi) is 4.57. The lowest BCUT2D eigenvalue weighted by Crippen LogP contribution is -2.31. The monoisotopic (exact) mass is 349 g/mol. The number of rotatable bonds is 6. The van der Waals surface area contributed by atoms with E-state index >= 15 is 0 Å². The molecule has 0 saturated carbocycles. The number of nitrogens with two attached hydrogens (primary N) is 1. The number of carbonyl (C=O) groups excluding carboxylic acids is 2. The van der Waals surface area contributed by atoms with Crippen LogP contribution in [-0.2, 0) is 4.79 Å². The number of thiophene rings is 1. The highest BCUT2D eigenvalue weighted by Crippen LogP contribution is 2.34. The predicted molar refractivity (Wildman–Crippen MR) is 90.5 cm³/mol. The van der Waals surface area contributed by atoms with Gasteiger partial charge in [0.2, 0.25) is 11.8 Å². The molecule has 0 aromatic carbocycles. The number of hydrogen-bond acceptors (Lipinski definition) is 6. The van der Waals surface area contributed by atoms with Gasteiger partial charge in [0.05, 0.1) is 17.9 Å². The molecule has 1 saturated heterocycles. The van der Waals surface area contributed by atoms with E-state index in [0.29, 0.717) is 17.9 Å². The summed E-state index contributed by atoms with van der Waals surface area (Å²) in [5.41, 5.74) is 6.21. The van der Waals surface area contributed by atoms with E-state index in [0.717, 1.165) is 17.5 Å². The first kappa shape index (κ1) is 16.5. The molecule has 0 bridgehead atoms. The first-order valence-corrected chi connectivity index (χ1v) is 8.60. The Morgan fingerprint density at radius 3 is 2.96 bits per heavy atom. The zero-order valence-electron chi connectivity index (χ0n) is 13.5. The summed E-state index contributed by atoms with van der Waals surface area (Å²) in [6.45, 7) is 2.39. The minimum Gasteiger partial charge on any atom is -0.488 e. The maximum absolute atomic E-state index is 11.7. The van der Waals surface area contributed by atoms with Gasteiger partial charge in [-0.1, -0.05) is 6.92 Å². The van der Waals surface area contributed by atoms with Gasteiger partial charge >= 0.3 is 0 Å². The summed E-state index contributed by atoms with van der Waals surface area (Å²) < 4.78 is 11.8. The first-order valence-electron chi connectivity index (χ1n) is 7.72. The van der Waals surface area contributed by atoms with Crippen molar-refractivity contribution in [3.05, 3.63) is 17.0 Å². The van der Waals surface area contributed by atoms with Gasteiger partial charge in [-0.15, -0.1) is 11.3 Å². The predicted octanol–water partition coefficient (Wildman–Crippen LogP) is 1.70. The summed E-state index contributed by atoms with van der Waals surface area (Å²) in [7, 11) is 1.44. The van der Waals surface area contributed by atoms with Gasteiger partial charge in [0.25, 0.3) is 5.91 Å². The second kappa shape index (κ2) is 6.64. The molecule has 3 rings (SSSR count). The molecule has 0 radical (unpaired) electrons. The quantitative estimate of drug-likeness (QED) is 0.826. The van der Waals surface area contributed by atoms with E-state index in [1.165, 1.54) is 18.4 Å².